The van der Waals surface area contributed by atoms with Crippen molar-refractivity contribution in [2.24, 2.45) is 0 Å². The second-order valence-electron chi connectivity index (χ2n) is 6.71. The molecule has 3 aromatic carbocycles. The Morgan fingerprint density at radius 2 is 1.50 bits per heavy atom. The molecule has 0 unspecified atom stereocenters. The van der Waals surface area contributed by atoms with E-state index in [1.165, 1.54) is 12.1 Å². The maximum Gasteiger partial charge on any atom is 0.416 e. The summed E-state index contributed by atoms with van der Waals surface area (Å²) in [4.78, 5) is 24.0. The van der Waals surface area contributed by atoms with Gasteiger partial charge in [0.2, 0.25) is 0 Å². The fraction of sp³-hybridized carbons (Fsp3) is 0.130. The summed E-state index contributed by atoms with van der Waals surface area (Å²) in [6, 6.07) is 19.2. The third-order valence-corrected chi connectivity index (χ3v) is 4.55. The minimum atomic E-state index is -4.53. The van der Waals surface area contributed by atoms with E-state index in [1.54, 1.807) is 24.3 Å². The lowest BCUT2D eigenvalue weighted by molar-refractivity contribution is -0.139. The van der Waals surface area contributed by atoms with Crippen LogP contribution in [0.5, 0.6) is 0 Å². The van der Waals surface area contributed by atoms with Crippen LogP contribution in [-0.2, 0) is 17.4 Å². The molecule has 30 heavy (non-hydrogen) atoms. The molecule has 7 heteroatoms. The summed E-state index contributed by atoms with van der Waals surface area (Å²) < 4.78 is 38.6. The van der Waals surface area contributed by atoms with Crippen LogP contribution in [0.2, 0.25) is 0 Å². The summed E-state index contributed by atoms with van der Waals surface area (Å²) >= 11 is 0. The molecule has 0 bridgehead atoms. The molecule has 154 valence electrons. The Morgan fingerprint density at radius 1 is 0.867 bits per heavy atom. The number of carboxylic acid groups (broad SMARTS) is 1. The zero-order chi connectivity index (χ0) is 21.7. The van der Waals surface area contributed by atoms with Gasteiger partial charge >= 0.3 is 12.1 Å². The number of alkyl halides is 3. The van der Waals surface area contributed by atoms with E-state index < -0.39 is 29.7 Å². The standard InChI is InChI=1S/C23H18F3NO3/c24-23(25,26)19-8-4-5-15(13-19)14-20(22(29)30)27-21(28)18-11-9-17(10-12-18)16-6-2-1-3-7-16/h1-13,20H,14H2,(H,27,28)(H,29,30)/t20-/m1/s1. The first-order valence-electron chi connectivity index (χ1n) is 9.09. The van der Waals surface area contributed by atoms with Gasteiger partial charge in [-0.2, -0.15) is 13.2 Å². The quantitative estimate of drug-likeness (QED) is 0.610. The van der Waals surface area contributed by atoms with Crippen LogP contribution >= 0.6 is 0 Å². The summed E-state index contributed by atoms with van der Waals surface area (Å²) in [5.74, 6) is -1.95. The summed E-state index contributed by atoms with van der Waals surface area (Å²) in [5.41, 5.74) is 1.41. The molecule has 3 rings (SSSR count). The van der Waals surface area contributed by atoms with E-state index in [4.69, 9.17) is 0 Å². The van der Waals surface area contributed by atoms with Crippen molar-refractivity contribution in [3.63, 3.8) is 0 Å². The summed E-state index contributed by atoms with van der Waals surface area (Å²) in [5, 5.41) is 11.8. The molecule has 1 amide bonds. The third kappa shape index (κ3) is 5.26. The van der Waals surface area contributed by atoms with Gasteiger partial charge in [-0.05, 0) is 34.9 Å². The van der Waals surface area contributed by atoms with Crippen molar-refractivity contribution in [3.8, 4) is 11.1 Å². The average Bonchev–Trinajstić information content (AvgIpc) is 2.73. The van der Waals surface area contributed by atoms with Gasteiger partial charge < -0.3 is 10.4 Å². The van der Waals surface area contributed by atoms with Crippen LogP contribution in [0.4, 0.5) is 13.2 Å². The van der Waals surface area contributed by atoms with Gasteiger partial charge in [0.25, 0.3) is 5.91 Å². The molecule has 0 spiro atoms. The van der Waals surface area contributed by atoms with Crippen LogP contribution in [0.15, 0.2) is 78.9 Å². The monoisotopic (exact) mass is 413 g/mol. The third-order valence-electron chi connectivity index (χ3n) is 4.55. The van der Waals surface area contributed by atoms with E-state index in [9.17, 15) is 27.9 Å². The Hall–Kier alpha value is -3.61. The van der Waals surface area contributed by atoms with Crippen LogP contribution in [0, 0.1) is 0 Å². The zero-order valence-corrected chi connectivity index (χ0v) is 15.7. The molecule has 0 aromatic heterocycles. The van der Waals surface area contributed by atoms with Crippen molar-refractivity contribution in [2.75, 3.05) is 0 Å². The first kappa shape index (κ1) is 21.1. The number of nitrogens with one attached hydrogen (secondary N) is 1. The van der Waals surface area contributed by atoms with E-state index in [0.717, 1.165) is 23.3 Å². The molecule has 0 aliphatic rings. The first-order valence-corrected chi connectivity index (χ1v) is 9.09. The molecular formula is C23H18F3NO3. The maximum absolute atomic E-state index is 12.9. The normalized spacial score (nSPS) is 12.2. The Labute approximate surface area is 171 Å². The molecule has 1 atom stereocenters. The van der Waals surface area contributed by atoms with Gasteiger partial charge in [0.05, 0.1) is 5.56 Å². The number of halogens is 3. The van der Waals surface area contributed by atoms with E-state index in [1.807, 2.05) is 30.3 Å². The Bertz CT molecular complexity index is 1030. The van der Waals surface area contributed by atoms with Gasteiger partial charge in [0.15, 0.2) is 0 Å². The lowest BCUT2D eigenvalue weighted by Gasteiger charge is -2.16. The molecular weight excluding hydrogens is 395 g/mol. The topological polar surface area (TPSA) is 66.4 Å². The summed E-state index contributed by atoms with van der Waals surface area (Å²) in [6.45, 7) is 0. The van der Waals surface area contributed by atoms with E-state index >= 15 is 0 Å². The van der Waals surface area contributed by atoms with Crippen LogP contribution in [-0.4, -0.2) is 23.0 Å². The van der Waals surface area contributed by atoms with Gasteiger partial charge in [-0.3, -0.25) is 4.79 Å². The Balaban J connectivity index is 1.72. The number of hydrogen-bond acceptors (Lipinski definition) is 2. The van der Waals surface area contributed by atoms with Gasteiger partial charge in [0.1, 0.15) is 6.04 Å². The first-order chi connectivity index (χ1) is 14.2. The number of hydrogen-bond donors (Lipinski definition) is 2. The highest BCUT2D eigenvalue weighted by atomic mass is 19.4. The largest absolute Gasteiger partial charge is 0.480 e. The maximum atomic E-state index is 12.9. The summed E-state index contributed by atoms with van der Waals surface area (Å²) in [6.07, 6.45) is -4.80. The van der Waals surface area contributed by atoms with Crippen molar-refractivity contribution < 1.29 is 27.9 Å². The predicted molar refractivity (Wildman–Crippen MR) is 106 cm³/mol. The molecule has 3 aromatic rings. The number of aliphatic carboxylic acids is 1. The highest BCUT2D eigenvalue weighted by molar-refractivity contribution is 5.97. The molecule has 0 saturated carbocycles. The molecule has 0 radical (unpaired) electrons. The van der Waals surface area contributed by atoms with E-state index in [-0.39, 0.29) is 17.5 Å². The number of carbonyl (C=O) groups is 2. The second-order valence-corrected chi connectivity index (χ2v) is 6.71. The van der Waals surface area contributed by atoms with E-state index in [0.29, 0.717) is 0 Å². The molecule has 0 aliphatic heterocycles. The van der Waals surface area contributed by atoms with Crippen molar-refractivity contribution in [1.82, 2.24) is 5.32 Å². The van der Waals surface area contributed by atoms with Gasteiger partial charge in [0, 0.05) is 12.0 Å². The van der Waals surface area contributed by atoms with E-state index in [2.05, 4.69) is 5.32 Å². The number of carboxylic acids is 1. The Morgan fingerprint density at radius 3 is 2.10 bits per heavy atom. The van der Waals surface area contributed by atoms with Crippen LogP contribution in [0.25, 0.3) is 11.1 Å². The van der Waals surface area contributed by atoms with Crippen LogP contribution in [0.3, 0.4) is 0 Å². The smallest absolute Gasteiger partial charge is 0.416 e. The summed E-state index contributed by atoms with van der Waals surface area (Å²) in [7, 11) is 0. The minimum Gasteiger partial charge on any atom is -0.480 e. The second kappa shape index (κ2) is 8.82. The van der Waals surface area contributed by atoms with Gasteiger partial charge in [-0.15, -0.1) is 0 Å². The highest BCUT2D eigenvalue weighted by Gasteiger charge is 2.31. The lowest BCUT2D eigenvalue weighted by Crippen LogP contribution is -2.42. The predicted octanol–water partition coefficient (Wildman–Crippen LogP) is 4.80. The van der Waals surface area contributed by atoms with Crippen LogP contribution in [0.1, 0.15) is 21.5 Å². The molecule has 0 fully saturated rings. The molecule has 0 heterocycles. The van der Waals surface area contributed by atoms with Crippen LogP contribution < -0.4 is 5.32 Å². The molecule has 0 saturated heterocycles. The molecule has 0 aliphatic carbocycles. The SMILES string of the molecule is O=C(N[C@H](Cc1cccc(C(F)(F)F)c1)C(=O)O)c1ccc(-c2ccccc2)cc1. The Kier molecular flexibility index (Phi) is 6.20. The van der Waals surface area contributed by atoms with Gasteiger partial charge in [-0.1, -0.05) is 60.7 Å². The molecule has 4 nitrogen and oxygen atoms in total. The van der Waals surface area contributed by atoms with Gasteiger partial charge in [-0.25, -0.2) is 4.79 Å². The number of amides is 1. The zero-order valence-electron chi connectivity index (χ0n) is 15.7. The van der Waals surface area contributed by atoms with Crippen molar-refractivity contribution >= 4 is 11.9 Å². The van der Waals surface area contributed by atoms with Crippen molar-refractivity contribution in [2.45, 2.75) is 18.6 Å². The fourth-order valence-corrected chi connectivity index (χ4v) is 3.00. The number of benzene rings is 3. The average molecular weight is 413 g/mol. The molecule has 2 N–H and O–H groups in total. The number of rotatable bonds is 6. The highest BCUT2D eigenvalue weighted by Crippen LogP contribution is 2.29. The van der Waals surface area contributed by atoms with Crippen molar-refractivity contribution in [1.29, 1.82) is 0 Å². The van der Waals surface area contributed by atoms with Crippen molar-refractivity contribution in [3.05, 3.63) is 95.6 Å². The lowest BCUT2D eigenvalue weighted by atomic mass is 10.0. The number of carbonyl (C=O) groups excluding carboxylic acids is 1. The minimum absolute atomic E-state index is 0.164. The fourth-order valence-electron chi connectivity index (χ4n) is 3.00.